The zero-order valence-electron chi connectivity index (χ0n) is 16.3. The van der Waals surface area contributed by atoms with Crippen molar-refractivity contribution in [3.05, 3.63) is 57.8 Å². The molecule has 0 bridgehead atoms. The van der Waals surface area contributed by atoms with Gasteiger partial charge in [0.2, 0.25) is 0 Å². The van der Waals surface area contributed by atoms with E-state index in [-0.39, 0.29) is 17.2 Å². The van der Waals surface area contributed by atoms with Gasteiger partial charge in [-0.1, -0.05) is 18.2 Å². The number of carbonyl (C=O) groups is 1. The molecule has 148 valence electrons. The smallest absolute Gasteiger partial charge is 0.273 e. The molecule has 1 fully saturated rings. The molecule has 1 saturated carbocycles. The van der Waals surface area contributed by atoms with E-state index in [9.17, 15) is 9.59 Å². The average molecular weight is 382 g/mol. The molecule has 2 N–H and O–H groups in total. The summed E-state index contributed by atoms with van der Waals surface area (Å²) < 4.78 is 6.53. The minimum atomic E-state index is -0.411. The molecule has 2 aromatic rings. The van der Waals surface area contributed by atoms with Gasteiger partial charge < -0.3 is 19.9 Å². The van der Waals surface area contributed by atoms with Crippen LogP contribution in [-0.2, 0) is 6.54 Å². The van der Waals surface area contributed by atoms with Crippen molar-refractivity contribution in [3.8, 4) is 5.75 Å². The second-order valence-electron chi connectivity index (χ2n) is 7.83. The van der Waals surface area contributed by atoms with E-state index < -0.39 is 5.60 Å². The van der Waals surface area contributed by atoms with Crippen molar-refractivity contribution >= 4 is 5.91 Å². The Morgan fingerprint density at radius 1 is 1.32 bits per heavy atom. The third kappa shape index (κ3) is 3.67. The van der Waals surface area contributed by atoms with Gasteiger partial charge in [0.1, 0.15) is 22.9 Å². The van der Waals surface area contributed by atoms with Crippen LogP contribution in [0.2, 0.25) is 0 Å². The lowest BCUT2D eigenvalue weighted by Crippen LogP contribution is -2.51. The first kappa shape index (κ1) is 18.7. The zero-order valence-corrected chi connectivity index (χ0v) is 16.3. The Morgan fingerprint density at radius 3 is 2.79 bits per heavy atom. The Hall–Kier alpha value is -2.67. The van der Waals surface area contributed by atoms with Gasteiger partial charge in [0.15, 0.2) is 0 Å². The number of aromatic nitrogens is 2. The Bertz CT molecular complexity index is 931. The summed E-state index contributed by atoms with van der Waals surface area (Å²) in [6, 6.07) is 9.64. The molecular weight excluding hydrogens is 356 g/mol. The van der Waals surface area contributed by atoms with Crippen LogP contribution in [0, 0.1) is 6.92 Å². The first-order valence-corrected chi connectivity index (χ1v) is 9.79. The molecule has 1 aromatic carbocycles. The Balaban J connectivity index is 1.69. The highest BCUT2D eigenvalue weighted by atomic mass is 16.5. The van der Waals surface area contributed by atoms with Crippen molar-refractivity contribution in [3.63, 3.8) is 0 Å². The van der Waals surface area contributed by atoms with Crippen molar-refractivity contribution in [1.29, 1.82) is 0 Å². The number of hydrogen-bond donors (Lipinski definition) is 2. The van der Waals surface area contributed by atoms with Gasteiger partial charge in [0.05, 0.1) is 6.54 Å². The van der Waals surface area contributed by atoms with Gasteiger partial charge in [-0.05, 0) is 45.7 Å². The molecule has 1 spiro atoms. The normalized spacial score (nSPS) is 24.4. The highest BCUT2D eigenvalue weighted by Crippen LogP contribution is 2.38. The van der Waals surface area contributed by atoms with Crippen LogP contribution in [0.3, 0.4) is 0 Å². The summed E-state index contributed by atoms with van der Waals surface area (Å²) in [6.45, 7) is 2.61. The molecule has 1 amide bonds. The van der Waals surface area contributed by atoms with E-state index in [2.05, 4.69) is 15.3 Å². The summed E-state index contributed by atoms with van der Waals surface area (Å²) in [5, 5.41) is 3.35. The number of fused-ring (bicyclic) bond motifs is 1. The predicted molar refractivity (Wildman–Crippen MR) is 105 cm³/mol. The van der Waals surface area contributed by atoms with Gasteiger partial charge in [-0.25, -0.2) is 4.98 Å². The van der Waals surface area contributed by atoms with Gasteiger partial charge in [0.25, 0.3) is 11.5 Å². The second-order valence-corrected chi connectivity index (χ2v) is 7.83. The van der Waals surface area contributed by atoms with Gasteiger partial charge >= 0.3 is 0 Å². The number of nitrogens with zero attached hydrogens (tertiary/aromatic N) is 2. The molecule has 2 heterocycles. The maximum Gasteiger partial charge on any atom is 0.273 e. The molecule has 0 unspecified atom stereocenters. The minimum absolute atomic E-state index is 0.180. The highest BCUT2D eigenvalue weighted by molar-refractivity contribution is 5.92. The number of carbonyl (C=O) groups excluding carboxylic acids is 1. The van der Waals surface area contributed by atoms with Crippen LogP contribution < -0.4 is 15.6 Å². The number of nitrogens with one attached hydrogen (secondary N) is 2. The van der Waals surface area contributed by atoms with Crippen molar-refractivity contribution in [1.82, 2.24) is 20.2 Å². The largest absolute Gasteiger partial charge is 0.485 e. The van der Waals surface area contributed by atoms with Crippen molar-refractivity contribution in [2.45, 2.75) is 50.8 Å². The molecule has 1 aromatic heterocycles. The highest BCUT2D eigenvalue weighted by Gasteiger charge is 2.42. The number of hydrogen-bond acceptors (Lipinski definition) is 5. The van der Waals surface area contributed by atoms with Gasteiger partial charge in [-0.3, -0.25) is 9.59 Å². The SMILES string of the molecule is CNC1CCC2(CC1)CN(C(=O)c1cc(=O)[nH]c(C)n1)Cc1ccccc1O2. The van der Waals surface area contributed by atoms with Gasteiger partial charge in [-0.15, -0.1) is 0 Å². The molecule has 28 heavy (non-hydrogen) atoms. The number of benzene rings is 1. The Morgan fingerprint density at radius 2 is 2.07 bits per heavy atom. The van der Waals surface area contributed by atoms with Crippen LogP contribution in [0.4, 0.5) is 0 Å². The van der Waals surface area contributed by atoms with Crippen LogP contribution in [0.25, 0.3) is 0 Å². The second kappa shape index (κ2) is 7.39. The molecule has 7 heteroatoms. The zero-order chi connectivity index (χ0) is 19.7. The average Bonchev–Trinajstić information content (AvgIpc) is 2.84. The first-order valence-electron chi connectivity index (χ1n) is 9.79. The third-order valence-corrected chi connectivity index (χ3v) is 5.81. The summed E-state index contributed by atoms with van der Waals surface area (Å²) in [4.78, 5) is 33.7. The summed E-state index contributed by atoms with van der Waals surface area (Å²) in [5.74, 6) is 1.05. The molecule has 0 radical (unpaired) electrons. The lowest BCUT2D eigenvalue weighted by atomic mass is 9.81. The van der Waals surface area contributed by atoms with Gasteiger partial charge in [-0.2, -0.15) is 0 Å². The summed E-state index contributed by atoms with van der Waals surface area (Å²) >= 11 is 0. The number of rotatable bonds is 2. The quantitative estimate of drug-likeness (QED) is 0.830. The molecule has 0 atom stereocenters. The lowest BCUT2D eigenvalue weighted by molar-refractivity contribution is 0.000267. The fraction of sp³-hybridized carbons (Fsp3) is 0.476. The fourth-order valence-electron chi connectivity index (χ4n) is 4.30. The third-order valence-electron chi connectivity index (χ3n) is 5.81. The molecule has 4 rings (SSSR count). The summed E-state index contributed by atoms with van der Waals surface area (Å²) in [7, 11) is 1.99. The number of para-hydroxylation sites is 1. The van der Waals surface area contributed by atoms with Crippen molar-refractivity contribution in [2.75, 3.05) is 13.6 Å². The summed E-state index contributed by atoms with van der Waals surface area (Å²) in [5.41, 5.74) is 0.433. The lowest BCUT2D eigenvalue weighted by Gasteiger charge is -2.41. The number of aromatic amines is 1. The Labute approximate surface area is 164 Å². The number of aryl methyl sites for hydroxylation is 1. The van der Waals surface area contributed by atoms with Gasteiger partial charge in [0, 0.05) is 24.2 Å². The van der Waals surface area contributed by atoms with Crippen LogP contribution in [0.5, 0.6) is 5.75 Å². The first-order chi connectivity index (χ1) is 13.5. The fourth-order valence-corrected chi connectivity index (χ4v) is 4.30. The number of ether oxygens (including phenoxy) is 1. The monoisotopic (exact) mass is 382 g/mol. The van der Waals surface area contributed by atoms with Crippen LogP contribution >= 0.6 is 0 Å². The number of amides is 1. The van der Waals surface area contributed by atoms with E-state index in [0.29, 0.717) is 25.0 Å². The standard InChI is InChI=1S/C21H26N4O3/c1-14-23-17(11-19(26)24-14)20(27)25-12-15-5-3-4-6-18(15)28-21(13-25)9-7-16(22-2)8-10-21/h3-6,11,16,22H,7-10,12-13H2,1-2H3,(H,23,24,26). The van der Waals surface area contributed by atoms with Crippen molar-refractivity contribution < 1.29 is 9.53 Å². The maximum absolute atomic E-state index is 13.3. The Kier molecular flexibility index (Phi) is 4.93. The van der Waals surface area contributed by atoms with E-state index in [1.165, 1.54) is 6.07 Å². The molecule has 7 nitrogen and oxygen atoms in total. The minimum Gasteiger partial charge on any atom is -0.485 e. The maximum atomic E-state index is 13.3. The van der Waals surface area contributed by atoms with E-state index >= 15 is 0 Å². The molecule has 2 aliphatic rings. The van der Waals surface area contributed by atoms with Crippen LogP contribution in [0.15, 0.2) is 35.1 Å². The molecule has 1 aliphatic carbocycles. The van der Waals surface area contributed by atoms with E-state index in [4.69, 9.17) is 4.74 Å². The van der Waals surface area contributed by atoms with E-state index in [1.807, 2.05) is 31.3 Å². The predicted octanol–water partition coefficient (Wildman–Crippen LogP) is 2.01. The van der Waals surface area contributed by atoms with E-state index in [0.717, 1.165) is 37.0 Å². The van der Waals surface area contributed by atoms with E-state index in [1.54, 1.807) is 11.8 Å². The van der Waals surface area contributed by atoms with Crippen LogP contribution in [0.1, 0.15) is 47.6 Å². The summed E-state index contributed by atoms with van der Waals surface area (Å²) in [6.07, 6.45) is 3.75. The van der Waals surface area contributed by atoms with Crippen molar-refractivity contribution in [2.24, 2.45) is 0 Å². The molecule has 0 saturated heterocycles. The molecule has 1 aliphatic heterocycles. The topological polar surface area (TPSA) is 87.3 Å². The number of H-pyrrole nitrogens is 1. The molecular formula is C21H26N4O3. The van der Waals surface area contributed by atoms with Crippen LogP contribution in [-0.4, -0.2) is 46.0 Å².